The number of rotatable bonds is 5. The Kier molecular flexibility index (Phi) is 5.74. The molecular weight excluding hydrogens is 449 g/mol. The molecule has 0 unspecified atom stereocenters. The third-order valence-electron chi connectivity index (χ3n) is 7.69. The van der Waals surface area contributed by atoms with Crippen molar-refractivity contribution in [2.75, 3.05) is 4.90 Å². The summed E-state index contributed by atoms with van der Waals surface area (Å²) in [4.78, 5) is 2.31. The number of benzene rings is 5. The third-order valence-corrected chi connectivity index (χ3v) is 7.69. The van der Waals surface area contributed by atoms with Gasteiger partial charge in [-0.15, -0.1) is 0 Å². The fourth-order valence-electron chi connectivity index (χ4n) is 5.61. The molecule has 5 aromatic carbocycles. The minimum absolute atomic E-state index is 0.0685. The summed E-state index contributed by atoms with van der Waals surface area (Å²) in [6, 6.07) is 43.1. The monoisotopic (exact) mass is 479 g/mol. The minimum atomic E-state index is -0.494. The first-order valence-electron chi connectivity index (χ1n) is 12.9. The van der Waals surface area contributed by atoms with Crippen molar-refractivity contribution < 1.29 is 5.02 Å². The second-order valence-electron chi connectivity index (χ2n) is 10.4. The van der Waals surface area contributed by atoms with Gasteiger partial charge in [0, 0.05) is 22.5 Å². The molecule has 180 valence electrons. The lowest BCUT2D eigenvalue weighted by atomic mass is 9.64. The Bertz CT molecular complexity index is 1550. The molecule has 3 heteroatoms. The van der Waals surface area contributed by atoms with Gasteiger partial charge in [-0.3, -0.25) is 0 Å². The highest BCUT2D eigenvalue weighted by atomic mass is 16.2. The summed E-state index contributed by atoms with van der Waals surface area (Å²) >= 11 is 0. The Morgan fingerprint density at radius 3 is 1.78 bits per heavy atom. The number of nitrogens with zero attached hydrogens (tertiary/aromatic N) is 1. The molecule has 0 spiro atoms. The van der Waals surface area contributed by atoms with Crippen molar-refractivity contribution in [3.8, 4) is 22.3 Å². The summed E-state index contributed by atoms with van der Waals surface area (Å²) in [6.45, 7) is 5.94. The molecule has 0 atom stereocenters. The Morgan fingerprint density at radius 1 is 0.568 bits per heavy atom. The highest BCUT2D eigenvalue weighted by molar-refractivity contribution is 6.64. The average molecular weight is 479 g/mol. The predicted octanol–water partition coefficient (Wildman–Crippen LogP) is 7.95. The Hall–Kier alpha value is -4.08. The first-order valence-corrected chi connectivity index (χ1v) is 12.9. The van der Waals surface area contributed by atoms with Crippen molar-refractivity contribution >= 4 is 29.4 Å². The van der Waals surface area contributed by atoms with E-state index >= 15 is 0 Å². The van der Waals surface area contributed by atoms with Crippen molar-refractivity contribution in [2.24, 2.45) is 0 Å². The average Bonchev–Trinajstić information content (AvgIpc) is 3.16. The lowest BCUT2D eigenvalue weighted by Crippen LogP contribution is -2.26. The Labute approximate surface area is 220 Å². The largest absolute Gasteiger partial charge is 0.447 e. The Morgan fingerprint density at radius 2 is 1.11 bits per heavy atom. The molecule has 2 nitrogen and oxygen atoms in total. The smallest absolute Gasteiger partial charge is 0.320 e. The minimum Gasteiger partial charge on any atom is -0.447 e. The lowest BCUT2D eigenvalue weighted by molar-refractivity contribution is 0.594. The van der Waals surface area contributed by atoms with Gasteiger partial charge in [-0.2, -0.15) is 0 Å². The molecule has 0 aliphatic heterocycles. The summed E-state index contributed by atoms with van der Waals surface area (Å²) in [6.07, 6.45) is 0. The van der Waals surface area contributed by atoms with Gasteiger partial charge < -0.3 is 9.92 Å². The molecular formula is C34H30BNO. The first-order chi connectivity index (χ1) is 17.9. The van der Waals surface area contributed by atoms with Crippen LogP contribution in [-0.4, -0.2) is 11.9 Å². The maximum absolute atomic E-state index is 10.1. The van der Waals surface area contributed by atoms with E-state index in [1.54, 1.807) is 6.82 Å². The van der Waals surface area contributed by atoms with Crippen molar-refractivity contribution in [3.05, 3.63) is 132 Å². The van der Waals surface area contributed by atoms with Crippen LogP contribution in [0.5, 0.6) is 0 Å². The van der Waals surface area contributed by atoms with E-state index < -0.39 is 6.92 Å². The van der Waals surface area contributed by atoms with Gasteiger partial charge in [-0.05, 0) is 75.2 Å². The van der Waals surface area contributed by atoms with Crippen LogP contribution in [-0.2, 0) is 5.41 Å². The zero-order valence-electron chi connectivity index (χ0n) is 21.5. The normalized spacial score (nSPS) is 13.1. The van der Waals surface area contributed by atoms with E-state index in [-0.39, 0.29) is 5.41 Å². The molecule has 0 amide bonds. The second-order valence-corrected chi connectivity index (χ2v) is 10.4. The predicted molar refractivity (Wildman–Crippen MR) is 158 cm³/mol. The summed E-state index contributed by atoms with van der Waals surface area (Å²) in [7, 11) is 0. The van der Waals surface area contributed by atoms with Gasteiger partial charge in [0.1, 0.15) is 0 Å². The van der Waals surface area contributed by atoms with E-state index in [2.05, 4.69) is 122 Å². The van der Waals surface area contributed by atoms with Gasteiger partial charge in [0.15, 0.2) is 0 Å². The molecule has 0 heterocycles. The van der Waals surface area contributed by atoms with Crippen LogP contribution in [0.25, 0.3) is 22.3 Å². The van der Waals surface area contributed by atoms with Crippen LogP contribution >= 0.6 is 0 Å². The van der Waals surface area contributed by atoms with Gasteiger partial charge in [0.2, 0.25) is 0 Å². The van der Waals surface area contributed by atoms with Crippen LogP contribution in [0, 0.1) is 0 Å². The SMILES string of the molecule is CB(O)c1ccc(N(c2ccc(-c3ccccc3)cc2)c2ccc3c(c2)C(C)(C)c2ccccc2-3)cc1. The van der Waals surface area contributed by atoms with Crippen LogP contribution in [0.3, 0.4) is 0 Å². The van der Waals surface area contributed by atoms with Crippen LogP contribution in [0.4, 0.5) is 17.1 Å². The van der Waals surface area contributed by atoms with E-state index in [0.717, 1.165) is 22.5 Å². The van der Waals surface area contributed by atoms with E-state index in [9.17, 15) is 5.02 Å². The third kappa shape index (κ3) is 4.06. The molecule has 5 aromatic rings. The van der Waals surface area contributed by atoms with Crippen molar-refractivity contribution in [1.82, 2.24) is 0 Å². The summed E-state index contributed by atoms with van der Waals surface area (Å²) in [5.41, 5.74) is 11.9. The van der Waals surface area contributed by atoms with Gasteiger partial charge in [-0.1, -0.05) is 106 Å². The van der Waals surface area contributed by atoms with Crippen molar-refractivity contribution in [1.29, 1.82) is 0 Å². The van der Waals surface area contributed by atoms with E-state index in [0.29, 0.717) is 0 Å². The molecule has 1 aliphatic carbocycles. The lowest BCUT2D eigenvalue weighted by Gasteiger charge is -2.28. The molecule has 1 N–H and O–H groups in total. The molecule has 0 bridgehead atoms. The molecule has 0 aromatic heterocycles. The maximum Gasteiger partial charge on any atom is 0.320 e. The number of hydrogen-bond acceptors (Lipinski definition) is 2. The molecule has 6 rings (SSSR count). The highest BCUT2D eigenvalue weighted by Gasteiger charge is 2.35. The maximum atomic E-state index is 10.1. The zero-order chi connectivity index (χ0) is 25.6. The van der Waals surface area contributed by atoms with Crippen molar-refractivity contribution in [2.45, 2.75) is 26.1 Å². The summed E-state index contributed by atoms with van der Waals surface area (Å²) in [5.74, 6) is 0. The van der Waals surface area contributed by atoms with E-state index in [4.69, 9.17) is 0 Å². The number of hydrogen-bond donors (Lipinski definition) is 1. The molecule has 37 heavy (non-hydrogen) atoms. The van der Waals surface area contributed by atoms with Gasteiger partial charge >= 0.3 is 6.92 Å². The summed E-state index contributed by atoms with van der Waals surface area (Å²) < 4.78 is 0. The molecule has 0 saturated carbocycles. The topological polar surface area (TPSA) is 23.5 Å². The number of anilines is 3. The fraction of sp³-hybridized carbons (Fsp3) is 0.118. The van der Waals surface area contributed by atoms with E-state index in [1.165, 1.54) is 33.4 Å². The van der Waals surface area contributed by atoms with Gasteiger partial charge in [-0.25, -0.2) is 0 Å². The molecule has 0 saturated heterocycles. The fourth-order valence-corrected chi connectivity index (χ4v) is 5.61. The zero-order valence-corrected chi connectivity index (χ0v) is 21.5. The highest BCUT2D eigenvalue weighted by Crippen LogP contribution is 2.50. The summed E-state index contributed by atoms with van der Waals surface area (Å²) in [5, 5.41) is 10.1. The van der Waals surface area contributed by atoms with Crippen LogP contribution in [0.15, 0.2) is 121 Å². The molecule has 1 aliphatic rings. The molecule has 0 fully saturated rings. The van der Waals surface area contributed by atoms with E-state index in [1.807, 2.05) is 18.2 Å². The second kappa shape index (κ2) is 9.10. The van der Waals surface area contributed by atoms with Gasteiger partial charge in [0.25, 0.3) is 0 Å². The Balaban J connectivity index is 1.47. The van der Waals surface area contributed by atoms with Crippen molar-refractivity contribution in [3.63, 3.8) is 0 Å². The van der Waals surface area contributed by atoms with Crippen LogP contribution < -0.4 is 10.4 Å². The standard InChI is InChI=1S/C34H30BNO/c1-34(2)32-12-8-7-11-30(32)31-22-21-29(23-33(31)34)36(28-19-15-26(16-20-28)35(3)37)27-17-13-25(14-18-27)24-9-5-4-6-10-24/h4-23,37H,1-3H3. The number of fused-ring (bicyclic) bond motifs is 3. The van der Waals surface area contributed by atoms with Gasteiger partial charge in [0.05, 0.1) is 0 Å². The van der Waals surface area contributed by atoms with Crippen LogP contribution in [0.1, 0.15) is 25.0 Å². The first kappa shape index (κ1) is 23.3. The van der Waals surface area contributed by atoms with Crippen LogP contribution in [0.2, 0.25) is 6.82 Å². The molecule has 0 radical (unpaired) electrons. The quantitative estimate of drug-likeness (QED) is 0.259.